The molecule has 1 N–H and O–H groups in total. The maximum Gasteiger partial charge on any atom is 0.275 e. The highest BCUT2D eigenvalue weighted by molar-refractivity contribution is 6.01. The molecule has 0 aliphatic rings. The minimum Gasteiger partial charge on any atom is -0.467 e. The quantitative estimate of drug-likeness (QED) is 0.452. The predicted octanol–water partition coefficient (Wildman–Crippen LogP) is 4.54. The summed E-state index contributed by atoms with van der Waals surface area (Å²) in [7, 11) is 0. The molecule has 0 aliphatic heterocycles. The van der Waals surface area contributed by atoms with E-state index in [0.717, 1.165) is 5.56 Å². The molecular formula is C25H21FN4O3. The van der Waals surface area contributed by atoms with E-state index < -0.39 is 23.7 Å². The highest BCUT2D eigenvalue weighted by atomic mass is 19.1. The normalized spacial score (nSPS) is 11.6. The number of amides is 2. The molecule has 2 amide bonds. The van der Waals surface area contributed by atoms with Crippen LogP contribution in [-0.2, 0) is 11.3 Å². The number of carbonyl (C=O) groups is 2. The Hall–Kier alpha value is -4.33. The van der Waals surface area contributed by atoms with Crippen LogP contribution in [-0.4, -0.2) is 26.7 Å². The average Bonchev–Trinajstić information content (AvgIpc) is 3.35. The Morgan fingerprint density at radius 1 is 1.06 bits per heavy atom. The van der Waals surface area contributed by atoms with Crippen molar-refractivity contribution in [1.29, 1.82) is 0 Å². The summed E-state index contributed by atoms with van der Waals surface area (Å²) in [5.41, 5.74) is 1.97. The molecule has 2 heterocycles. The fourth-order valence-electron chi connectivity index (χ4n) is 3.50. The minimum absolute atomic E-state index is 0.0260. The zero-order valence-corrected chi connectivity index (χ0v) is 17.8. The molecule has 0 radical (unpaired) electrons. The Morgan fingerprint density at radius 2 is 1.85 bits per heavy atom. The summed E-state index contributed by atoms with van der Waals surface area (Å²) in [4.78, 5) is 36.6. The van der Waals surface area contributed by atoms with Gasteiger partial charge in [-0.3, -0.25) is 14.6 Å². The van der Waals surface area contributed by atoms with E-state index in [1.54, 1.807) is 24.3 Å². The number of nitrogens with one attached hydrogen (secondary N) is 1. The second-order valence-electron chi connectivity index (χ2n) is 7.36. The average molecular weight is 444 g/mol. The van der Waals surface area contributed by atoms with E-state index in [-0.39, 0.29) is 12.2 Å². The van der Waals surface area contributed by atoms with Gasteiger partial charge < -0.3 is 14.6 Å². The number of rotatable bonds is 7. The van der Waals surface area contributed by atoms with Crippen LogP contribution in [0.1, 0.15) is 33.4 Å². The first kappa shape index (κ1) is 21.9. The lowest BCUT2D eigenvalue weighted by Crippen LogP contribution is -2.41. The second-order valence-corrected chi connectivity index (χ2v) is 7.36. The smallest absolute Gasteiger partial charge is 0.275 e. The molecule has 2 aromatic carbocycles. The molecule has 0 spiro atoms. The summed E-state index contributed by atoms with van der Waals surface area (Å²) in [6, 6.07) is 15.2. The number of hydrogen-bond acceptors (Lipinski definition) is 5. The third-order valence-corrected chi connectivity index (χ3v) is 5.10. The molecule has 0 saturated heterocycles. The van der Waals surface area contributed by atoms with E-state index >= 15 is 0 Å². The Kier molecular flexibility index (Phi) is 6.54. The van der Waals surface area contributed by atoms with Crippen molar-refractivity contribution in [2.45, 2.75) is 19.5 Å². The van der Waals surface area contributed by atoms with Crippen LogP contribution in [0.4, 0.5) is 10.1 Å². The van der Waals surface area contributed by atoms with E-state index in [1.807, 2.05) is 19.1 Å². The van der Waals surface area contributed by atoms with Crippen LogP contribution in [0.25, 0.3) is 0 Å². The van der Waals surface area contributed by atoms with Crippen LogP contribution in [0.5, 0.6) is 0 Å². The Balaban J connectivity index is 1.78. The van der Waals surface area contributed by atoms with Gasteiger partial charge >= 0.3 is 0 Å². The summed E-state index contributed by atoms with van der Waals surface area (Å²) in [6.45, 7) is 1.89. The lowest BCUT2D eigenvalue weighted by Gasteiger charge is -2.31. The zero-order valence-electron chi connectivity index (χ0n) is 17.8. The first-order valence-corrected chi connectivity index (χ1v) is 10.2. The standard InChI is InChI=1S/C25H21FN4O3/c1-17-5-2-3-7-21(17)23(24(31)29-19-10-8-18(26)9-11-19)30(16-20-6-4-14-33-20)25(32)22-15-27-12-13-28-22/h2-15,23H,16H2,1H3,(H,29,31)/t23-/m1/s1. The molecule has 1 atom stereocenters. The van der Waals surface area contributed by atoms with E-state index in [9.17, 15) is 14.0 Å². The lowest BCUT2D eigenvalue weighted by molar-refractivity contribution is -0.121. The van der Waals surface area contributed by atoms with E-state index in [2.05, 4.69) is 15.3 Å². The first-order valence-electron chi connectivity index (χ1n) is 10.2. The van der Waals surface area contributed by atoms with Crippen LogP contribution >= 0.6 is 0 Å². The topological polar surface area (TPSA) is 88.3 Å². The maximum absolute atomic E-state index is 13.6. The van der Waals surface area contributed by atoms with Gasteiger partial charge in [0.1, 0.15) is 23.3 Å². The number of anilines is 1. The van der Waals surface area contributed by atoms with Gasteiger partial charge in [0.25, 0.3) is 11.8 Å². The van der Waals surface area contributed by atoms with Gasteiger partial charge in [0.15, 0.2) is 0 Å². The van der Waals surface area contributed by atoms with Gasteiger partial charge in [-0.2, -0.15) is 0 Å². The fourth-order valence-corrected chi connectivity index (χ4v) is 3.50. The highest BCUT2D eigenvalue weighted by Crippen LogP contribution is 2.29. The monoisotopic (exact) mass is 444 g/mol. The number of aromatic nitrogens is 2. The van der Waals surface area contributed by atoms with Crippen molar-refractivity contribution in [3.63, 3.8) is 0 Å². The molecule has 7 nitrogen and oxygen atoms in total. The summed E-state index contributed by atoms with van der Waals surface area (Å²) in [5.74, 6) is -0.858. The summed E-state index contributed by atoms with van der Waals surface area (Å²) in [5, 5.41) is 2.80. The van der Waals surface area contributed by atoms with Gasteiger partial charge in [0, 0.05) is 18.1 Å². The van der Waals surface area contributed by atoms with Gasteiger partial charge in [-0.05, 0) is 54.4 Å². The molecule has 166 valence electrons. The van der Waals surface area contributed by atoms with Gasteiger partial charge in [0.2, 0.25) is 0 Å². The van der Waals surface area contributed by atoms with Crippen molar-refractivity contribution in [3.8, 4) is 0 Å². The van der Waals surface area contributed by atoms with Crippen LogP contribution in [0, 0.1) is 12.7 Å². The third kappa shape index (κ3) is 5.12. The Morgan fingerprint density at radius 3 is 2.52 bits per heavy atom. The number of aryl methyl sites for hydroxylation is 1. The fraction of sp³-hybridized carbons (Fsp3) is 0.120. The van der Waals surface area contributed by atoms with Gasteiger partial charge in [0.05, 0.1) is 19.0 Å². The summed E-state index contributed by atoms with van der Waals surface area (Å²) < 4.78 is 18.8. The number of carbonyl (C=O) groups excluding carboxylic acids is 2. The maximum atomic E-state index is 13.6. The number of benzene rings is 2. The van der Waals surface area contributed by atoms with Gasteiger partial charge in [-0.1, -0.05) is 24.3 Å². The number of furan rings is 1. The molecule has 4 aromatic rings. The minimum atomic E-state index is -1.02. The van der Waals surface area contributed by atoms with E-state index in [1.165, 1.54) is 54.0 Å². The SMILES string of the molecule is Cc1ccccc1[C@H](C(=O)Nc1ccc(F)cc1)N(Cc1ccco1)C(=O)c1cnccn1. The van der Waals surface area contributed by atoms with E-state index in [0.29, 0.717) is 17.0 Å². The Labute approximate surface area is 189 Å². The molecule has 0 bridgehead atoms. The second kappa shape index (κ2) is 9.86. The molecule has 0 unspecified atom stereocenters. The first-order chi connectivity index (χ1) is 16.0. The zero-order chi connectivity index (χ0) is 23.2. The molecule has 0 fully saturated rings. The number of halogens is 1. The molecular weight excluding hydrogens is 423 g/mol. The van der Waals surface area contributed by atoms with Crippen LogP contribution in [0.3, 0.4) is 0 Å². The van der Waals surface area contributed by atoms with Crippen molar-refractivity contribution in [2.24, 2.45) is 0 Å². The van der Waals surface area contributed by atoms with Crippen molar-refractivity contribution in [3.05, 3.63) is 114 Å². The predicted molar refractivity (Wildman–Crippen MR) is 120 cm³/mol. The summed E-state index contributed by atoms with van der Waals surface area (Å²) >= 11 is 0. The molecule has 4 rings (SSSR count). The third-order valence-electron chi connectivity index (χ3n) is 5.10. The van der Waals surface area contributed by atoms with Gasteiger partial charge in [-0.25, -0.2) is 9.37 Å². The van der Waals surface area contributed by atoms with Crippen molar-refractivity contribution in [2.75, 3.05) is 5.32 Å². The lowest BCUT2D eigenvalue weighted by atomic mass is 9.98. The van der Waals surface area contributed by atoms with Gasteiger partial charge in [-0.15, -0.1) is 0 Å². The van der Waals surface area contributed by atoms with Crippen LogP contribution in [0.2, 0.25) is 0 Å². The van der Waals surface area contributed by atoms with Crippen LogP contribution in [0.15, 0.2) is 89.9 Å². The highest BCUT2D eigenvalue weighted by Gasteiger charge is 2.34. The summed E-state index contributed by atoms with van der Waals surface area (Å²) in [6.07, 6.45) is 5.74. The molecule has 2 aromatic heterocycles. The van der Waals surface area contributed by atoms with Crippen molar-refractivity contribution in [1.82, 2.24) is 14.9 Å². The number of nitrogens with zero attached hydrogens (tertiary/aromatic N) is 3. The molecule has 0 aliphatic carbocycles. The molecule has 33 heavy (non-hydrogen) atoms. The molecule has 8 heteroatoms. The van der Waals surface area contributed by atoms with Crippen LogP contribution < -0.4 is 5.32 Å². The van der Waals surface area contributed by atoms with E-state index in [4.69, 9.17) is 4.42 Å². The van der Waals surface area contributed by atoms with Crippen molar-refractivity contribution < 1.29 is 18.4 Å². The Bertz CT molecular complexity index is 1230. The molecule has 0 saturated carbocycles. The largest absolute Gasteiger partial charge is 0.467 e. The number of hydrogen-bond donors (Lipinski definition) is 1. The van der Waals surface area contributed by atoms with Crippen molar-refractivity contribution >= 4 is 17.5 Å².